The van der Waals surface area contributed by atoms with Crippen LogP contribution < -0.4 is 0 Å². The Morgan fingerprint density at radius 2 is 2.33 bits per heavy atom. The fourth-order valence-electron chi connectivity index (χ4n) is 1.59. The lowest BCUT2D eigenvalue weighted by atomic mass is 10.2. The van der Waals surface area contributed by atoms with E-state index in [1.54, 1.807) is 7.11 Å². The fourth-order valence-corrected chi connectivity index (χ4v) is 1.59. The summed E-state index contributed by atoms with van der Waals surface area (Å²) in [4.78, 5) is 0. The van der Waals surface area contributed by atoms with Gasteiger partial charge in [-0.05, 0) is 17.7 Å². The van der Waals surface area contributed by atoms with Gasteiger partial charge in [-0.3, -0.25) is 4.68 Å². The minimum atomic E-state index is 0.0686. The maximum Gasteiger partial charge on any atom is 0.0683 e. The SMILES string of the molecule is COCCn1ncc2cc(CO)ccc21. The minimum Gasteiger partial charge on any atom is -0.392 e. The molecule has 0 fully saturated rings. The monoisotopic (exact) mass is 206 g/mol. The maximum atomic E-state index is 9.00. The average Bonchev–Trinajstić information content (AvgIpc) is 2.68. The van der Waals surface area contributed by atoms with Gasteiger partial charge in [0, 0.05) is 12.5 Å². The minimum absolute atomic E-state index is 0.0686. The molecule has 0 spiro atoms. The molecule has 0 amide bonds. The lowest BCUT2D eigenvalue weighted by Crippen LogP contribution is -2.05. The number of fused-ring (bicyclic) bond motifs is 1. The van der Waals surface area contributed by atoms with E-state index in [2.05, 4.69) is 5.10 Å². The van der Waals surface area contributed by atoms with Crippen LogP contribution in [-0.4, -0.2) is 28.6 Å². The summed E-state index contributed by atoms with van der Waals surface area (Å²) in [5.74, 6) is 0. The topological polar surface area (TPSA) is 47.3 Å². The molecule has 1 N–H and O–H groups in total. The van der Waals surface area contributed by atoms with Gasteiger partial charge in [-0.2, -0.15) is 5.10 Å². The van der Waals surface area contributed by atoms with Crippen LogP contribution in [0.15, 0.2) is 24.4 Å². The Bertz CT molecular complexity index is 451. The van der Waals surface area contributed by atoms with Gasteiger partial charge >= 0.3 is 0 Å². The van der Waals surface area contributed by atoms with Crippen molar-refractivity contribution in [2.45, 2.75) is 13.2 Å². The average molecular weight is 206 g/mol. The second-order valence-corrected chi connectivity index (χ2v) is 3.41. The van der Waals surface area contributed by atoms with Crippen molar-refractivity contribution in [1.82, 2.24) is 9.78 Å². The van der Waals surface area contributed by atoms with Crippen LogP contribution in [0, 0.1) is 0 Å². The first-order valence-electron chi connectivity index (χ1n) is 4.89. The summed E-state index contributed by atoms with van der Waals surface area (Å²) in [7, 11) is 1.68. The molecule has 1 aromatic carbocycles. The van der Waals surface area contributed by atoms with E-state index < -0.39 is 0 Å². The number of rotatable bonds is 4. The Kier molecular flexibility index (Phi) is 2.99. The van der Waals surface area contributed by atoms with Gasteiger partial charge in [0.15, 0.2) is 0 Å². The van der Waals surface area contributed by atoms with Crippen LogP contribution in [-0.2, 0) is 17.9 Å². The summed E-state index contributed by atoms with van der Waals surface area (Å²) >= 11 is 0. The van der Waals surface area contributed by atoms with Crippen molar-refractivity contribution in [3.8, 4) is 0 Å². The fraction of sp³-hybridized carbons (Fsp3) is 0.364. The number of benzene rings is 1. The third-order valence-electron chi connectivity index (χ3n) is 2.40. The first-order chi connectivity index (χ1) is 7.35. The number of nitrogens with zero attached hydrogens (tertiary/aromatic N) is 2. The summed E-state index contributed by atoms with van der Waals surface area (Å²) < 4.78 is 6.91. The number of aromatic nitrogens is 2. The van der Waals surface area contributed by atoms with Gasteiger partial charge in [0.25, 0.3) is 0 Å². The van der Waals surface area contributed by atoms with E-state index in [0.717, 1.165) is 23.0 Å². The second-order valence-electron chi connectivity index (χ2n) is 3.41. The number of hydrogen-bond acceptors (Lipinski definition) is 3. The van der Waals surface area contributed by atoms with Crippen molar-refractivity contribution in [3.63, 3.8) is 0 Å². The standard InChI is InChI=1S/C11H14N2O2/c1-15-5-4-13-11-3-2-9(8-14)6-10(11)7-12-13/h2-3,6-7,14H,4-5,8H2,1H3. The number of methoxy groups -OCH3 is 1. The number of ether oxygens (including phenoxy) is 1. The highest BCUT2D eigenvalue weighted by atomic mass is 16.5. The van der Waals surface area contributed by atoms with Gasteiger partial charge < -0.3 is 9.84 Å². The highest BCUT2D eigenvalue weighted by Crippen LogP contribution is 2.15. The van der Waals surface area contributed by atoms with Gasteiger partial charge in [0.1, 0.15) is 0 Å². The molecule has 0 saturated heterocycles. The van der Waals surface area contributed by atoms with E-state index in [-0.39, 0.29) is 6.61 Å². The molecule has 0 aliphatic rings. The largest absolute Gasteiger partial charge is 0.392 e. The summed E-state index contributed by atoms with van der Waals surface area (Å²) in [6.07, 6.45) is 1.81. The number of hydrogen-bond donors (Lipinski definition) is 1. The number of aliphatic hydroxyl groups excluding tert-OH is 1. The maximum absolute atomic E-state index is 9.00. The van der Waals surface area contributed by atoms with E-state index in [4.69, 9.17) is 9.84 Å². The van der Waals surface area contributed by atoms with Gasteiger partial charge in [-0.15, -0.1) is 0 Å². The molecule has 0 saturated carbocycles. The van der Waals surface area contributed by atoms with E-state index in [1.165, 1.54) is 0 Å². The molecule has 1 heterocycles. The number of aliphatic hydroxyl groups is 1. The van der Waals surface area contributed by atoms with Crippen LogP contribution in [0.2, 0.25) is 0 Å². The molecule has 4 heteroatoms. The van der Waals surface area contributed by atoms with E-state index in [9.17, 15) is 0 Å². The summed E-state index contributed by atoms with van der Waals surface area (Å²) in [5, 5.41) is 14.3. The van der Waals surface area contributed by atoms with Crippen LogP contribution in [0.5, 0.6) is 0 Å². The summed E-state index contributed by atoms with van der Waals surface area (Å²) in [6.45, 7) is 1.47. The van der Waals surface area contributed by atoms with Crippen LogP contribution in [0.25, 0.3) is 10.9 Å². The third-order valence-corrected chi connectivity index (χ3v) is 2.40. The van der Waals surface area contributed by atoms with Crippen molar-refractivity contribution < 1.29 is 9.84 Å². The Balaban J connectivity index is 2.34. The third kappa shape index (κ3) is 2.00. The van der Waals surface area contributed by atoms with Crippen LogP contribution >= 0.6 is 0 Å². The predicted molar refractivity (Wildman–Crippen MR) is 57.5 cm³/mol. The van der Waals surface area contributed by atoms with E-state index in [1.807, 2.05) is 29.1 Å². The lowest BCUT2D eigenvalue weighted by Gasteiger charge is -2.02. The van der Waals surface area contributed by atoms with Crippen molar-refractivity contribution in [1.29, 1.82) is 0 Å². The first-order valence-corrected chi connectivity index (χ1v) is 4.89. The Morgan fingerprint density at radius 1 is 1.47 bits per heavy atom. The van der Waals surface area contributed by atoms with Crippen molar-refractivity contribution in [2.75, 3.05) is 13.7 Å². The molecule has 15 heavy (non-hydrogen) atoms. The lowest BCUT2D eigenvalue weighted by molar-refractivity contribution is 0.185. The molecular weight excluding hydrogens is 192 g/mol. The molecule has 80 valence electrons. The normalized spacial score (nSPS) is 11.1. The molecule has 0 aliphatic carbocycles. The quantitative estimate of drug-likeness (QED) is 0.817. The summed E-state index contributed by atoms with van der Waals surface area (Å²) in [6, 6.07) is 5.84. The van der Waals surface area contributed by atoms with Crippen molar-refractivity contribution in [3.05, 3.63) is 30.0 Å². The highest BCUT2D eigenvalue weighted by Gasteiger charge is 2.02. The smallest absolute Gasteiger partial charge is 0.0683 e. The predicted octanol–water partition coefficient (Wildman–Crippen LogP) is 1.17. The molecule has 0 aliphatic heterocycles. The van der Waals surface area contributed by atoms with Gasteiger partial charge in [0.05, 0.1) is 31.5 Å². The first kappa shape index (κ1) is 10.1. The van der Waals surface area contributed by atoms with E-state index in [0.29, 0.717) is 6.61 Å². The van der Waals surface area contributed by atoms with Gasteiger partial charge in [-0.25, -0.2) is 0 Å². The van der Waals surface area contributed by atoms with Crippen LogP contribution in [0.3, 0.4) is 0 Å². The molecule has 0 bridgehead atoms. The van der Waals surface area contributed by atoms with E-state index >= 15 is 0 Å². The second kappa shape index (κ2) is 4.42. The van der Waals surface area contributed by atoms with Crippen LogP contribution in [0.4, 0.5) is 0 Å². The zero-order valence-corrected chi connectivity index (χ0v) is 8.68. The Labute approximate surface area is 88.1 Å². The molecule has 4 nitrogen and oxygen atoms in total. The van der Waals surface area contributed by atoms with Gasteiger partial charge in [-0.1, -0.05) is 6.07 Å². The zero-order valence-electron chi connectivity index (χ0n) is 8.68. The molecule has 2 rings (SSSR count). The molecular formula is C11H14N2O2. The van der Waals surface area contributed by atoms with Crippen molar-refractivity contribution in [2.24, 2.45) is 0 Å². The Morgan fingerprint density at radius 3 is 3.07 bits per heavy atom. The summed E-state index contributed by atoms with van der Waals surface area (Å²) in [5.41, 5.74) is 1.98. The zero-order chi connectivity index (χ0) is 10.7. The molecule has 2 aromatic rings. The van der Waals surface area contributed by atoms with Crippen LogP contribution in [0.1, 0.15) is 5.56 Å². The highest BCUT2D eigenvalue weighted by molar-refractivity contribution is 5.79. The van der Waals surface area contributed by atoms with Crippen molar-refractivity contribution >= 4 is 10.9 Å². The molecule has 0 atom stereocenters. The van der Waals surface area contributed by atoms with Gasteiger partial charge in [0.2, 0.25) is 0 Å². The molecule has 0 radical (unpaired) electrons. The molecule has 1 aromatic heterocycles. The molecule has 0 unspecified atom stereocenters. The Hall–Kier alpha value is -1.39.